The van der Waals surface area contributed by atoms with Crippen molar-refractivity contribution in [1.29, 1.82) is 0 Å². The number of rotatable bonds is 8. The van der Waals surface area contributed by atoms with Crippen molar-refractivity contribution in [3.63, 3.8) is 0 Å². The summed E-state index contributed by atoms with van der Waals surface area (Å²) in [6.07, 6.45) is 0. The molecule has 3 rings (SSSR count). The minimum absolute atomic E-state index is 0.0547. The van der Waals surface area contributed by atoms with Crippen molar-refractivity contribution in [3.05, 3.63) is 95.6 Å². The van der Waals surface area contributed by atoms with E-state index in [4.69, 9.17) is 27.4 Å². The number of thiocarbonyl (C=S) groups is 1. The first kappa shape index (κ1) is 19.9. The Labute approximate surface area is 172 Å². The van der Waals surface area contributed by atoms with Gasteiger partial charge in [0.2, 0.25) is 0 Å². The lowest BCUT2D eigenvalue weighted by Gasteiger charge is -2.26. The van der Waals surface area contributed by atoms with Gasteiger partial charge in [0.15, 0.2) is 0 Å². The van der Waals surface area contributed by atoms with E-state index in [1.165, 1.54) is 11.1 Å². The van der Waals surface area contributed by atoms with Crippen molar-refractivity contribution in [1.82, 2.24) is 0 Å². The highest BCUT2D eigenvalue weighted by molar-refractivity contribution is 7.80. The van der Waals surface area contributed by atoms with E-state index in [1.807, 2.05) is 42.5 Å². The molecule has 0 aromatic heterocycles. The van der Waals surface area contributed by atoms with Crippen LogP contribution in [-0.2, 0) is 5.41 Å². The van der Waals surface area contributed by atoms with Gasteiger partial charge in [0.25, 0.3) is 0 Å². The minimum Gasteiger partial charge on any atom is -0.490 e. The number of ether oxygens (including phenoxy) is 2. The van der Waals surface area contributed by atoms with Crippen LogP contribution >= 0.6 is 12.2 Å². The van der Waals surface area contributed by atoms with Crippen LogP contribution in [0.1, 0.15) is 30.5 Å². The second-order valence-corrected chi connectivity index (χ2v) is 7.54. The molecule has 2 N–H and O–H groups in total. The van der Waals surface area contributed by atoms with Gasteiger partial charge in [0.05, 0.1) is 0 Å². The zero-order valence-electron chi connectivity index (χ0n) is 16.2. The summed E-state index contributed by atoms with van der Waals surface area (Å²) in [4.78, 5) is 0.383. The molecule has 28 heavy (non-hydrogen) atoms. The SMILES string of the molecule is CC(C)(c1ccccc1)c1ccc(OCCOc2ccc(C(N)=S)cc2)cc1. The average molecular weight is 392 g/mol. The number of benzene rings is 3. The van der Waals surface area contributed by atoms with E-state index in [0.29, 0.717) is 18.2 Å². The van der Waals surface area contributed by atoms with Crippen LogP contribution < -0.4 is 15.2 Å². The standard InChI is InChI=1S/C24H25NO2S/c1-24(2,19-6-4-3-5-7-19)20-10-14-22(15-11-20)27-17-16-26-21-12-8-18(9-13-21)23(25)28/h3-15H,16-17H2,1-2H3,(H2,25,28). The van der Waals surface area contributed by atoms with Gasteiger partial charge in [-0.3, -0.25) is 0 Å². The topological polar surface area (TPSA) is 44.5 Å². The van der Waals surface area contributed by atoms with Gasteiger partial charge in [0, 0.05) is 11.0 Å². The van der Waals surface area contributed by atoms with Gasteiger partial charge in [-0.05, 0) is 47.5 Å². The molecule has 3 aromatic carbocycles. The van der Waals surface area contributed by atoms with Crippen molar-refractivity contribution in [3.8, 4) is 11.5 Å². The van der Waals surface area contributed by atoms with Gasteiger partial charge in [-0.25, -0.2) is 0 Å². The molecule has 0 saturated heterocycles. The first-order valence-corrected chi connectivity index (χ1v) is 9.69. The molecule has 0 aliphatic heterocycles. The van der Waals surface area contributed by atoms with Crippen molar-refractivity contribution < 1.29 is 9.47 Å². The van der Waals surface area contributed by atoms with Gasteiger partial charge in [-0.1, -0.05) is 68.5 Å². The van der Waals surface area contributed by atoms with Crippen LogP contribution in [0.5, 0.6) is 11.5 Å². The first-order chi connectivity index (χ1) is 13.5. The van der Waals surface area contributed by atoms with Crippen LogP contribution in [0.3, 0.4) is 0 Å². The molecule has 3 aromatic rings. The second kappa shape index (κ2) is 8.89. The Kier molecular flexibility index (Phi) is 6.32. The second-order valence-electron chi connectivity index (χ2n) is 7.10. The molecule has 4 heteroatoms. The van der Waals surface area contributed by atoms with Crippen LogP contribution in [0.2, 0.25) is 0 Å². The molecule has 0 bridgehead atoms. The lowest BCUT2D eigenvalue weighted by Crippen LogP contribution is -2.18. The Morgan fingerprint density at radius 2 is 1.21 bits per heavy atom. The molecule has 0 heterocycles. The molecular weight excluding hydrogens is 366 g/mol. The van der Waals surface area contributed by atoms with E-state index < -0.39 is 0 Å². The zero-order chi connectivity index (χ0) is 20.0. The van der Waals surface area contributed by atoms with Crippen LogP contribution in [0.15, 0.2) is 78.9 Å². The Hall–Kier alpha value is -2.85. The highest BCUT2D eigenvalue weighted by Gasteiger charge is 2.22. The normalized spacial score (nSPS) is 11.1. The monoisotopic (exact) mass is 391 g/mol. The molecule has 0 saturated carbocycles. The summed E-state index contributed by atoms with van der Waals surface area (Å²) >= 11 is 4.94. The maximum Gasteiger partial charge on any atom is 0.122 e. The summed E-state index contributed by atoms with van der Waals surface area (Å²) in [6.45, 7) is 5.39. The molecule has 0 unspecified atom stereocenters. The van der Waals surface area contributed by atoms with Crippen molar-refractivity contribution in [2.75, 3.05) is 13.2 Å². The largest absolute Gasteiger partial charge is 0.490 e. The fourth-order valence-corrected chi connectivity index (χ4v) is 3.16. The van der Waals surface area contributed by atoms with E-state index in [2.05, 4.69) is 50.2 Å². The van der Waals surface area contributed by atoms with Crippen molar-refractivity contribution >= 4 is 17.2 Å². The van der Waals surface area contributed by atoms with E-state index in [0.717, 1.165) is 17.1 Å². The molecule has 0 fully saturated rings. The van der Waals surface area contributed by atoms with Crippen LogP contribution in [0.4, 0.5) is 0 Å². The number of hydrogen-bond donors (Lipinski definition) is 1. The van der Waals surface area contributed by atoms with E-state index in [9.17, 15) is 0 Å². The highest BCUT2D eigenvalue weighted by atomic mass is 32.1. The van der Waals surface area contributed by atoms with Gasteiger partial charge < -0.3 is 15.2 Å². The summed E-state index contributed by atoms with van der Waals surface area (Å²) < 4.78 is 11.5. The summed E-state index contributed by atoms with van der Waals surface area (Å²) in [7, 11) is 0. The lowest BCUT2D eigenvalue weighted by atomic mass is 9.78. The van der Waals surface area contributed by atoms with Crippen LogP contribution in [0.25, 0.3) is 0 Å². The summed E-state index contributed by atoms with van der Waals surface area (Å²) in [5.41, 5.74) is 8.91. The molecular formula is C24H25NO2S. The molecule has 3 nitrogen and oxygen atoms in total. The molecule has 0 atom stereocenters. The summed E-state index contributed by atoms with van der Waals surface area (Å²) in [5.74, 6) is 1.60. The third-order valence-electron chi connectivity index (χ3n) is 4.83. The Morgan fingerprint density at radius 1 is 0.750 bits per heavy atom. The third-order valence-corrected chi connectivity index (χ3v) is 5.07. The third kappa shape index (κ3) is 4.90. The van der Waals surface area contributed by atoms with Gasteiger partial charge in [-0.2, -0.15) is 0 Å². The molecule has 0 radical (unpaired) electrons. The maximum atomic E-state index is 5.80. The van der Waals surface area contributed by atoms with Crippen LogP contribution in [0, 0.1) is 0 Å². The van der Waals surface area contributed by atoms with E-state index >= 15 is 0 Å². The minimum atomic E-state index is -0.0547. The number of hydrogen-bond acceptors (Lipinski definition) is 3. The highest BCUT2D eigenvalue weighted by Crippen LogP contribution is 2.32. The molecule has 0 aliphatic rings. The van der Waals surface area contributed by atoms with Gasteiger partial charge in [0.1, 0.15) is 29.7 Å². The Bertz CT molecular complexity index is 904. The fourth-order valence-electron chi connectivity index (χ4n) is 3.02. The van der Waals surface area contributed by atoms with Crippen LogP contribution in [-0.4, -0.2) is 18.2 Å². The zero-order valence-corrected chi connectivity index (χ0v) is 17.0. The lowest BCUT2D eigenvalue weighted by molar-refractivity contribution is 0.217. The molecule has 144 valence electrons. The smallest absolute Gasteiger partial charge is 0.122 e. The average Bonchev–Trinajstić information content (AvgIpc) is 2.72. The predicted molar refractivity (Wildman–Crippen MR) is 118 cm³/mol. The molecule has 0 spiro atoms. The van der Waals surface area contributed by atoms with Crippen molar-refractivity contribution in [2.24, 2.45) is 5.73 Å². The van der Waals surface area contributed by atoms with Crippen molar-refractivity contribution in [2.45, 2.75) is 19.3 Å². The molecule has 0 amide bonds. The predicted octanol–water partition coefficient (Wildman–Crippen LogP) is 5.10. The van der Waals surface area contributed by atoms with Gasteiger partial charge >= 0.3 is 0 Å². The quantitative estimate of drug-likeness (QED) is 0.428. The Morgan fingerprint density at radius 3 is 1.71 bits per heavy atom. The Balaban J connectivity index is 1.51. The summed E-state index contributed by atoms with van der Waals surface area (Å²) in [6, 6.07) is 26.2. The van der Waals surface area contributed by atoms with Gasteiger partial charge in [-0.15, -0.1) is 0 Å². The first-order valence-electron chi connectivity index (χ1n) is 9.28. The maximum absolute atomic E-state index is 5.80. The molecule has 0 aliphatic carbocycles. The number of nitrogens with two attached hydrogens (primary N) is 1. The van der Waals surface area contributed by atoms with E-state index in [1.54, 1.807) is 0 Å². The summed E-state index contributed by atoms with van der Waals surface area (Å²) in [5, 5.41) is 0. The van der Waals surface area contributed by atoms with E-state index in [-0.39, 0.29) is 5.41 Å². The fraction of sp³-hybridized carbons (Fsp3) is 0.208.